The summed E-state index contributed by atoms with van der Waals surface area (Å²) in [5.74, 6) is 2.42. The average molecular weight is 254 g/mol. The van der Waals surface area contributed by atoms with Crippen LogP contribution >= 0.6 is 0 Å². The first-order valence-corrected chi connectivity index (χ1v) is 7.81. The molecule has 0 radical (unpaired) electrons. The van der Waals surface area contributed by atoms with E-state index < -0.39 is 0 Å². The molecule has 0 bridgehead atoms. The van der Waals surface area contributed by atoms with Crippen molar-refractivity contribution in [1.82, 2.24) is 0 Å². The molecule has 0 aromatic heterocycles. The van der Waals surface area contributed by atoms with Gasteiger partial charge in [0.15, 0.2) is 0 Å². The van der Waals surface area contributed by atoms with Crippen LogP contribution in [0.5, 0.6) is 0 Å². The topological polar surface area (TPSA) is 20.2 Å². The Bertz CT molecular complexity index is 206. The monoisotopic (exact) mass is 254 g/mol. The summed E-state index contributed by atoms with van der Waals surface area (Å²) in [5.41, 5.74) is 1.33. The summed E-state index contributed by atoms with van der Waals surface area (Å²) in [6, 6.07) is 0. The SMILES string of the molecule is C=C(C)CC(C(C)CCCCCO)C(CC)CC. The third-order valence-electron chi connectivity index (χ3n) is 4.29. The second kappa shape index (κ2) is 10.6. The number of hydrogen-bond donors (Lipinski definition) is 1. The highest BCUT2D eigenvalue weighted by Crippen LogP contribution is 2.34. The Labute approximate surface area is 115 Å². The molecule has 0 aromatic rings. The molecule has 0 fully saturated rings. The molecule has 18 heavy (non-hydrogen) atoms. The van der Waals surface area contributed by atoms with E-state index in [9.17, 15) is 0 Å². The van der Waals surface area contributed by atoms with E-state index in [1.807, 2.05) is 0 Å². The molecule has 1 N–H and O–H groups in total. The van der Waals surface area contributed by atoms with E-state index in [0.717, 1.165) is 24.2 Å². The molecule has 0 amide bonds. The molecule has 0 aliphatic heterocycles. The quantitative estimate of drug-likeness (QED) is 0.397. The van der Waals surface area contributed by atoms with Gasteiger partial charge < -0.3 is 5.11 Å². The van der Waals surface area contributed by atoms with Gasteiger partial charge in [-0.05, 0) is 37.5 Å². The van der Waals surface area contributed by atoms with Crippen molar-refractivity contribution in [2.75, 3.05) is 6.61 Å². The van der Waals surface area contributed by atoms with Gasteiger partial charge in [0.05, 0.1) is 0 Å². The van der Waals surface area contributed by atoms with E-state index in [1.165, 1.54) is 44.1 Å². The minimum atomic E-state index is 0.343. The predicted octanol–water partition coefficient (Wildman–Crippen LogP) is 5.19. The zero-order chi connectivity index (χ0) is 14.0. The molecule has 1 heteroatoms. The van der Waals surface area contributed by atoms with Crippen molar-refractivity contribution in [3.05, 3.63) is 12.2 Å². The smallest absolute Gasteiger partial charge is 0.0431 e. The maximum atomic E-state index is 8.81. The third-order valence-corrected chi connectivity index (χ3v) is 4.29. The van der Waals surface area contributed by atoms with Crippen molar-refractivity contribution in [1.29, 1.82) is 0 Å². The van der Waals surface area contributed by atoms with Gasteiger partial charge in [0.2, 0.25) is 0 Å². The molecule has 0 rings (SSSR count). The lowest BCUT2D eigenvalue weighted by molar-refractivity contribution is 0.209. The second-order valence-corrected chi connectivity index (χ2v) is 5.95. The Balaban J connectivity index is 4.29. The second-order valence-electron chi connectivity index (χ2n) is 5.95. The number of allylic oxidation sites excluding steroid dienone is 1. The Morgan fingerprint density at radius 3 is 2.17 bits per heavy atom. The number of aliphatic hydroxyl groups excluding tert-OH is 1. The van der Waals surface area contributed by atoms with E-state index in [-0.39, 0.29) is 0 Å². The van der Waals surface area contributed by atoms with Gasteiger partial charge in [0, 0.05) is 6.61 Å². The van der Waals surface area contributed by atoms with Crippen LogP contribution in [0.3, 0.4) is 0 Å². The predicted molar refractivity (Wildman–Crippen MR) is 81.7 cm³/mol. The molecule has 0 aliphatic carbocycles. The van der Waals surface area contributed by atoms with Crippen LogP contribution in [0, 0.1) is 17.8 Å². The van der Waals surface area contributed by atoms with E-state index in [4.69, 9.17) is 5.11 Å². The van der Waals surface area contributed by atoms with E-state index in [1.54, 1.807) is 0 Å². The van der Waals surface area contributed by atoms with Crippen molar-refractivity contribution < 1.29 is 5.11 Å². The van der Waals surface area contributed by atoms with Gasteiger partial charge in [-0.3, -0.25) is 0 Å². The molecule has 1 nitrogen and oxygen atoms in total. The first-order chi connectivity index (χ1) is 8.56. The molecule has 0 spiro atoms. The molecule has 108 valence electrons. The lowest BCUT2D eigenvalue weighted by Crippen LogP contribution is -2.21. The highest BCUT2D eigenvalue weighted by Gasteiger charge is 2.24. The Hall–Kier alpha value is -0.300. The molecule has 2 atom stereocenters. The van der Waals surface area contributed by atoms with Crippen molar-refractivity contribution in [3.63, 3.8) is 0 Å². The van der Waals surface area contributed by atoms with Gasteiger partial charge in [0.1, 0.15) is 0 Å². The molecular formula is C17H34O. The molecule has 0 aliphatic rings. The fourth-order valence-electron chi connectivity index (χ4n) is 3.10. The molecule has 2 unspecified atom stereocenters. The fraction of sp³-hybridized carbons (Fsp3) is 0.882. The summed E-state index contributed by atoms with van der Waals surface area (Å²) >= 11 is 0. The summed E-state index contributed by atoms with van der Waals surface area (Å²) in [4.78, 5) is 0. The standard InChI is InChI=1S/C17H34O/c1-6-16(7-2)17(13-14(3)4)15(5)11-9-8-10-12-18/h15-18H,3,6-13H2,1-2,4-5H3. The molecule has 0 heterocycles. The average Bonchev–Trinajstić information content (AvgIpc) is 2.34. The van der Waals surface area contributed by atoms with Crippen LogP contribution in [0.1, 0.15) is 72.6 Å². The van der Waals surface area contributed by atoms with Gasteiger partial charge in [0.25, 0.3) is 0 Å². The van der Waals surface area contributed by atoms with E-state index >= 15 is 0 Å². The fourth-order valence-corrected chi connectivity index (χ4v) is 3.10. The molecule has 0 aromatic carbocycles. The minimum absolute atomic E-state index is 0.343. The van der Waals surface area contributed by atoms with Crippen LogP contribution in [0.15, 0.2) is 12.2 Å². The van der Waals surface area contributed by atoms with Crippen LogP contribution < -0.4 is 0 Å². The first-order valence-electron chi connectivity index (χ1n) is 7.81. The summed E-state index contributed by atoms with van der Waals surface area (Å²) in [6.07, 6.45) is 8.45. The molecule has 0 saturated carbocycles. The molecular weight excluding hydrogens is 220 g/mol. The summed E-state index contributed by atoms with van der Waals surface area (Å²) in [7, 11) is 0. The van der Waals surface area contributed by atoms with E-state index in [0.29, 0.717) is 6.61 Å². The van der Waals surface area contributed by atoms with Crippen LogP contribution in [-0.2, 0) is 0 Å². The normalized spacial score (nSPS) is 14.8. The maximum Gasteiger partial charge on any atom is 0.0431 e. The van der Waals surface area contributed by atoms with Crippen LogP contribution in [-0.4, -0.2) is 11.7 Å². The van der Waals surface area contributed by atoms with Gasteiger partial charge >= 0.3 is 0 Å². The van der Waals surface area contributed by atoms with Crippen molar-refractivity contribution in [2.45, 2.75) is 72.6 Å². The number of aliphatic hydroxyl groups is 1. The lowest BCUT2D eigenvalue weighted by atomic mass is 9.74. The molecule has 0 saturated heterocycles. The Morgan fingerprint density at radius 2 is 1.72 bits per heavy atom. The van der Waals surface area contributed by atoms with Crippen molar-refractivity contribution in [3.8, 4) is 0 Å². The van der Waals surface area contributed by atoms with Crippen molar-refractivity contribution >= 4 is 0 Å². The highest BCUT2D eigenvalue weighted by molar-refractivity contribution is 4.93. The number of hydrogen-bond acceptors (Lipinski definition) is 1. The summed E-state index contributed by atoms with van der Waals surface area (Å²) in [6.45, 7) is 13.7. The van der Waals surface area contributed by atoms with Crippen LogP contribution in [0.25, 0.3) is 0 Å². The zero-order valence-electron chi connectivity index (χ0n) is 13.0. The summed E-state index contributed by atoms with van der Waals surface area (Å²) in [5, 5.41) is 8.81. The van der Waals surface area contributed by atoms with Gasteiger partial charge in [-0.25, -0.2) is 0 Å². The van der Waals surface area contributed by atoms with E-state index in [2.05, 4.69) is 34.3 Å². The summed E-state index contributed by atoms with van der Waals surface area (Å²) < 4.78 is 0. The lowest BCUT2D eigenvalue weighted by Gasteiger charge is -2.31. The van der Waals surface area contributed by atoms with Gasteiger partial charge in [-0.2, -0.15) is 0 Å². The third kappa shape index (κ3) is 7.20. The van der Waals surface area contributed by atoms with Gasteiger partial charge in [-0.1, -0.05) is 58.4 Å². The zero-order valence-corrected chi connectivity index (χ0v) is 13.0. The number of unbranched alkanes of at least 4 members (excludes halogenated alkanes) is 2. The first kappa shape index (κ1) is 17.7. The largest absolute Gasteiger partial charge is 0.396 e. The minimum Gasteiger partial charge on any atom is -0.396 e. The Kier molecular flexibility index (Phi) is 10.4. The Morgan fingerprint density at radius 1 is 1.11 bits per heavy atom. The van der Waals surface area contributed by atoms with Gasteiger partial charge in [-0.15, -0.1) is 6.58 Å². The highest BCUT2D eigenvalue weighted by atomic mass is 16.2. The van der Waals surface area contributed by atoms with Crippen LogP contribution in [0.2, 0.25) is 0 Å². The maximum absolute atomic E-state index is 8.81. The number of rotatable bonds is 11. The van der Waals surface area contributed by atoms with Crippen molar-refractivity contribution in [2.24, 2.45) is 17.8 Å². The van der Waals surface area contributed by atoms with Crippen LogP contribution in [0.4, 0.5) is 0 Å².